The lowest BCUT2D eigenvalue weighted by atomic mass is 9.95. The Hall–Kier alpha value is -1.97. The average Bonchev–Trinajstić information content (AvgIpc) is 3.05. The Kier molecular flexibility index (Phi) is 5.79. The summed E-state index contributed by atoms with van der Waals surface area (Å²) in [4.78, 5) is 12.4. The normalized spacial score (nSPS) is 14.0. The van der Waals surface area contributed by atoms with Gasteiger partial charge in [-0.1, -0.05) is 11.6 Å². The molecule has 1 unspecified atom stereocenters. The number of carbonyl (C=O) groups excluding carboxylic acids is 1. The van der Waals surface area contributed by atoms with Crippen molar-refractivity contribution in [2.75, 3.05) is 18.1 Å². The number of nitrogens with two attached hydrogens (primary N) is 1. The van der Waals surface area contributed by atoms with Gasteiger partial charge in [-0.3, -0.25) is 4.79 Å². The van der Waals surface area contributed by atoms with E-state index in [2.05, 4.69) is 10.0 Å². The minimum absolute atomic E-state index is 0.246. The molecule has 0 aliphatic rings. The number of anilines is 1. The van der Waals surface area contributed by atoms with Crippen molar-refractivity contribution in [3.8, 4) is 0 Å². The molecule has 0 saturated carbocycles. The minimum atomic E-state index is -3.49. The third-order valence-corrected chi connectivity index (χ3v) is 7.17. The van der Waals surface area contributed by atoms with Crippen molar-refractivity contribution in [2.24, 2.45) is 5.73 Å². The van der Waals surface area contributed by atoms with Gasteiger partial charge in [0.25, 0.3) is 5.91 Å². The number of benzene rings is 2. The summed E-state index contributed by atoms with van der Waals surface area (Å²) in [6.45, 7) is 1.68. The molecule has 1 heterocycles. The van der Waals surface area contributed by atoms with Crippen LogP contribution in [0.4, 0.5) is 5.69 Å². The van der Waals surface area contributed by atoms with Crippen LogP contribution in [0.2, 0.25) is 5.02 Å². The van der Waals surface area contributed by atoms with E-state index in [1.54, 1.807) is 37.3 Å². The van der Waals surface area contributed by atoms with Gasteiger partial charge >= 0.3 is 0 Å². The molecule has 1 aromatic heterocycles. The Morgan fingerprint density at radius 2 is 1.89 bits per heavy atom. The van der Waals surface area contributed by atoms with Gasteiger partial charge in [0.15, 0.2) is 0 Å². The first kappa shape index (κ1) is 20.8. The van der Waals surface area contributed by atoms with Gasteiger partial charge in [-0.2, -0.15) is 0 Å². The number of sulfonamides is 1. The topological polar surface area (TPSA) is 101 Å². The maximum Gasteiger partial charge on any atom is 0.255 e. The lowest BCUT2D eigenvalue weighted by Gasteiger charge is -2.24. The monoisotopic (exact) mass is 437 g/mol. The number of fused-ring (bicyclic) bond motifs is 1. The summed E-state index contributed by atoms with van der Waals surface area (Å²) < 4.78 is 27.2. The number of halogens is 1. The van der Waals surface area contributed by atoms with Gasteiger partial charge in [0.1, 0.15) is 0 Å². The highest BCUT2D eigenvalue weighted by molar-refractivity contribution is 7.89. The number of rotatable bonds is 6. The predicted molar refractivity (Wildman–Crippen MR) is 116 cm³/mol. The van der Waals surface area contributed by atoms with Crippen LogP contribution in [0.1, 0.15) is 22.8 Å². The average molecular weight is 438 g/mol. The zero-order valence-corrected chi connectivity index (χ0v) is 17.7. The van der Waals surface area contributed by atoms with Gasteiger partial charge in [0.2, 0.25) is 10.0 Å². The van der Waals surface area contributed by atoms with E-state index >= 15 is 0 Å². The standard InChI is InChI=1S/C19H20ClN3O3S2/c1-19(21,11-28(25,26)22-2)16-10-27-17-8-7-14(9-15(16)17)23-18(24)12-3-5-13(20)6-4-12/h3-10,22H,11,21H2,1-2H3,(H,23,24). The van der Waals surface area contributed by atoms with Gasteiger partial charge in [-0.15, -0.1) is 11.3 Å². The number of thiophene rings is 1. The molecule has 1 atom stereocenters. The molecule has 0 fully saturated rings. The Bertz CT molecular complexity index is 1120. The molecule has 0 saturated heterocycles. The van der Waals surface area contributed by atoms with Crippen LogP contribution < -0.4 is 15.8 Å². The molecule has 4 N–H and O–H groups in total. The van der Waals surface area contributed by atoms with E-state index in [9.17, 15) is 13.2 Å². The first-order chi connectivity index (χ1) is 13.1. The van der Waals surface area contributed by atoms with E-state index in [-0.39, 0.29) is 11.7 Å². The molecule has 9 heteroatoms. The number of nitrogens with one attached hydrogen (secondary N) is 2. The van der Waals surface area contributed by atoms with Crippen molar-refractivity contribution >= 4 is 54.6 Å². The first-order valence-electron chi connectivity index (χ1n) is 8.40. The van der Waals surface area contributed by atoms with Gasteiger partial charge in [0.05, 0.1) is 11.3 Å². The van der Waals surface area contributed by atoms with E-state index < -0.39 is 15.6 Å². The molecule has 0 radical (unpaired) electrons. The van der Waals surface area contributed by atoms with E-state index in [0.717, 1.165) is 10.1 Å². The Morgan fingerprint density at radius 1 is 1.21 bits per heavy atom. The quantitative estimate of drug-likeness (QED) is 0.549. The third-order valence-electron chi connectivity index (χ3n) is 4.35. The molecule has 3 rings (SSSR count). The molecule has 0 aliphatic carbocycles. The van der Waals surface area contributed by atoms with Crippen molar-refractivity contribution < 1.29 is 13.2 Å². The molecule has 2 aromatic carbocycles. The molecule has 28 heavy (non-hydrogen) atoms. The summed E-state index contributed by atoms with van der Waals surface area (Å²) in [6.07, 6.45) is 0. The fourth-order valence-corrected chi connectivity index (χ4v) is 5.20. The van der Waals surface area contributed by atoms with Crippen LogP contribution in [-0.2, 0) is 15.6 Å². The smallest absolute Gasteiger partial charge is 0.255 e. The van der Waals surface area contributed by atoms with Crippen molar-refractivity contribution in [1.29, 1.82) is 0 Å². The summed E-state index contributed by atoms with van der Waals surface area (Å²) in [5.74, 6) is -0.509. The zero-order chi connectivity index (χ0) is 20.5. The molecule has 6 nitrogen and oxygen atoms in total. The zero-order valence-electron chi connectivity index (χ0n) is 15.3. The van der Waals surface area contributed by atoms with Crippen LogP contribution in [0.25, 0.3) is 10.1 Å². The molecule has 3 aromatic rings. The second kappa shape index (κ2) is 7.81. The van der Waals surface area contributed by atoms with E-state index in [4.69, 9.17) is 17.3 Å². The number of hydrogen-bond donors (Lipinski definition) is 3. The van der Waals surface area contributed by atoms with E-state index in [1.807, 2.05) is 17.5 Å². The predicted octanol–water partition coefficient (Wildman–Crippen LogP) is 3.53. The fraction of sp³-hybridized carbons (Fsp3) is 0.211. The van der Waals surface area contributed by atoms with Crippen LogP contribution in [0.3, 0.4) is 0 Å². The second-order valence-electron chi connectivity index (χ2n) is 6.70. The van der Waals surface area contributed by atoms with Crippen molar-refractivity contribution in [3.05, 3.63) is 64.0 Å². The third kappa shape index (κ3) is 4.53. The fourth-order valence-electron chi connectivity index (χ4n) is 2.90. The summed E-state index contributed by atoms with van der Waals surface area (Å²) in [5, 5.41) is 6.08. The maximum absolute atomic E-state index is 12.4. The van der Waals surface area contributed by atoms with Crippen LogP contribution in [-0.4, -0.2) is 27.1 Å². The van der Waals surface area contributed by atoms with Crippen molar-refractivity contribution in [3.63, 3.8) is 0 Å². The van der Waals surface area contributed by atoms with Gasteiger partial charge in [-0.05, 0) is 72.8 Å². The number of amides is 1. The van der Waals surface area contributed by atoms with Crippen LogP contribution in [0.5, 0.6) is 0 Å². The Labute approximate surface area is 172 Å². The highest BCUT2D eigenvalue weighted by Gasteiger charge is 2.30. The molecular weight excluding hydrogens is 418 g/mol. The molecule has 0 spiro atoms. The van der Waals surface area contributed by atoms with Gasteiger partial charge in [-0.25, -0.2) is 13.1 Å². The largest absolute Gasteiger partial charge is 0.322 e. The maximum atomic E-state index is 12.4. The van der Waals surface area contributed by atoms with Crippen LogP contribution in [0, 0.1) is 0 Å². The van der Waals surface area contributed by atoms with Gasteiger partial charge < -0.3 is 11.1 Å². The highest BCUT2D eigenvalue weighted by Crippen LogP contribution is 2.35. The first-order valence-corrected chi connectivity index (χ1v) is 11.3. The minimum Gasteiger partial charge on any atom is -0.322 e. The molecule has 1 amide bonds. The van der Waals surface area contributed by atoms with Crippen LogP contribution in [0.15, 0.2) is 47.8 Å². The summed E-state index contributed by atoms with van der Waals surface area (Å²) in [5.41, 5.74) is 7.07. The van der Waals surface area contributed by atoms with Crippen molar-refractivity contribution in [1.82, 2.24) is 4.72 Å². The summed E-state index contributed by atoms with van der Waals surface area (Å²) in [7, 11) is -2.13. The highest BCUT2D eigenvalue weighted by atomic mass is 35.5. The summed E-state index contributed by atoms with van der Waals surface area (Å²) >= 11 is 7.33. The molecular formula is C19H20ClN3O3S2. The number of carbonyl (C=O) groups is 1. The Balaban J connectivity index is 1.92. The summed E-state index contributed by atoms with van der Waals surface area (Å²) in [6, 6.07) is 12.1. The SMILES string of the molecule is CNS(=O)(=O)CC(C)(N)c1csc2ccc(NC(=O)c3ccc(Cl)cc3)cc12. The second-order valence-corrected chi connectivity index (χ2v) is 9.98. The van der Waals surface area contributed by atoms with Crippen molar-refractivity contribution in [2.45, 2.75) is 12.5 Å². The number of hydrogen-bond acceptors (Lipinski definition) is 5. The lowest BCUT2D eigenvalue weighted by molar-refractivity contribution is 0.102. The van der Waals surface area contributed by atoms with E-state index in [1.165, 1.54) is 18.4 Å². The van der Waals surface area contributed by atoms with Gasteiger partial charge in [0, 0.05) is 21.0 Å². The van der Waals surface area contributed by atoms with E-state index in [0.29, 0.717) is 21.8 Å². The molecule has 148 valence electrons. The Morgan fingerprint density at radius 3 is 2.54 bits per heavy atom. The molecule has 0 bridgehead atoms. The lowest BCUT2D eigenvalue weighted by Crippen LogP contribution is -2.43. The van der Waals surface area contributed by atoms with Crippen LogP contribution >= 0.6 is 22.9 Å². The molecule has 0 aliphatic heterocycles.